The van der Waals surface area contributed by atoms with Crippen LogP contribution in [0.3, 0.4) is 0 Å². The number of rotatable bonds is 2. The van der Waals surface area contributed by atoms with E-state index in [1.807, 2.05) is 26.0 Å². The largest absolute Gasteiger partial charge is 0.320 e. The van der Waals surface area contributed by atoms with Crippen LogP contribution in [-0.4, -0.2) is 10.9 Å². The number of aryl methyl sites for hydroxylation is 2. The predicted octanol–water partition coefficient (Wildman–Crippen LogP) is 3.60. The summed E-state index contributed by atoms with van der Waals surface area (Å²) in [7, 11) is 0. The summed E-state index contributed by atoms with van der Waals surface area (Å²) in [6.45, 7) is 3.82. The quantitative estimate of drug-likeness (QED) is 0.896. The van der Waals surface area contributed by atoms with Gasteiger partial charge in [0.05, 0.1) is 0 Å². The van der Waals surface area contributed by atoms with E-state index in [9.17, 15) is 4.79 Å². The number of anilines is 1. The van der Waals surface area contributed by atoms with Gasteiger partial charge < -0.3 is 5.32 Å². The lowest BCUT2D eigenvalue weighted by Gasteiger charge is -2.11. The molecule has 1 N–H and O–H groups in total. The number of halogens is 1. The average Bonchev–Trinajstić information content (AvgIpc) is 2.34. The lowest BCUT2D eigenvalue weighted by Crippen LogP contribution is -2.15. The fourth-order valence-electron chi connectivity index (χ4n) is 1.78. The molecule has 1 heterocycles. The molecule has 0 bridgehead atoms. The Hall–Kier alpha value is -1.87. The molecule has 0 spiro atoms. The van der Waals surface area contributed by atoms with Crippen molar-refractivity contribution in [3.8, 4) is 0 Å². The molecule has 0 aliphatic heterocycles. The fraction of sp³-hybridized carbons (Fsp3) is 0.143. The van der Waals surface area contributed by atoms with E-state index in [2.05, 4.69) is 10.3 Å². The Kier molecular flexibility index (Phi) is 3.63. The van der Waals surface area contributed by atoms with Crippen LogP contribution >= 0.6 is 11.6 Å². The maximum Gasteiger partial charge on any atom is 0.274 e. The first-order valence-corrected chi connectivity index (χ1v) is 5.95. The van der Waals surface area contributed by atoms with Crippen molar-refractivity contribution in [2.45, 2.75) is 13.8 Å². The first-order chi connectivity index (χ1) is 8.58. The van der Waals surface area contributed by atoms with Crippen LogP contribution in [0.5, 0.6) is 0 Å². The van der Waals surface area contributed by atoms with Crippen molar-refractivity contribution in [3.05, 3.63) is 58.4 Å². The molecule has 0 aliphatic carbocycles. The number of benzene rings is 1. The highest BCUT2D eigenvalue weighted by Gasteiger charge is 2.10. The standard InChI is InChI=1S/C14H13ClN2O/c1-9-7-11(15)8-10(2)13(9)17-14(18)12-5-3-4-6-16-12/h3-8H,1-2H3,(H,17,18). The number of hydrogen-bond donors (Lipinski definition) is 1. The molecular weight excluding hydrogens is 248 g/mol. The van der Waals surface area contributed by atoms with Gasteiger partial charge >= 0.3 is 0 Å². The van der Waals surface area contributed by atoms with Gasteiger partial charge in [0.25, 0.3) is 5.91 Å². The van der Waals surface area contributed by atoms with E-state index in [1.165, 1.54) is 0 Å². The Balaban J connectivity index is 2.28. The smallest absolute Gasteiger partial charge is 0.274 e. The highest BCUT2D eigenvalue weighted by Crippen LogP contribution is 2.25. The van der Waals surface area contributed by atoms with Gasteiger partial charge in [0.1, 0.15) is 5.69 Å². The minimum absolute atomic E-state index is 0.218. The first-order valence-electron chi connectivity index (χ1n) is 5.57. The monoisotopic (exact) mass is 260 g/mol. The lowest BCUT2D eigenvalue weighted by atomic mass is 10.1. The number of pyridine rings is 1. The zero-order valence-electron chi connectivity index (χ0n) is 10.2. The fourth-order valence-corrected chi connectivity index (χ4v) is 2.11. The predicted molar refractivity (Wildman–Crippen MR) is 73.1 cm³/mol. The lowest BCUT2D eigenvalue weighted by molar-refractivity contribution is 0.102. The molecule has 92 valence electrons. The highest BCUT2D eigenvalue weighted by molar-refractivity contribution is 6.30. The number of nitrogens with one attached hydrogen (secondary N) is 1. The van der Waals surface area contributed by atoms with Gasteiger partial charge in [-0.3, -0.25) is 9.78 Å². The second-order valence-electron chi connectivity index (χ2n) is 4.08. The molecule has 0 saturated carbocycles. The molecule has 3 nitrogen and oxygen atoms in total. The maximum absolute atomic E-state index is 12.0. The van der Waals surface area contributed by atoms with Gasteiger partial charge in [-0.2, -0.15) is 0 Å². The summed E-state index contributed by atoms with van der Waals surface area (Å²) < 4.78 is 0. The molecule has 2 rings (SSSR count). The number of aromatic nitrogens is 1. The van der Waals surface area contributed by atoms with Crippen LogP contribution in [0.1, 0.15) is 21.6 Å². The molecule has 0 radical (unpaired) electrons. The van der Waals surface area contributed by atoms with Crippen LogP contribution < -0.4 is 5.32 Å². The molecule has 1 aromatic heterocycles. The molecule has 2 aromatic rings. The molecule has 1 aromatic carbocycles. The van der Waals surface area contributed by atoms with E-state index in [1.54, 1.807) is 24.4 Å². The molecular formula is C14H13ClN2O. The Bertz CT molecular complexity index is 559. The Morgan fingerprint density at radius 1 is 1.22 bits per heavy atom. The van der Waals surface area contributed by atoms with Crippen LogP contribution in [0.2, 0.25) is 5.02 Å². The zero-order valence-corrected chi connectivity index (χ0v) is 11.0. The van der Waals surface area contributed by atoms with Gasteiger partial charge in [-0.1, -0.05) is 17.7 Å². The first kappa shape index (κ1) is 12.6. The second kappa shape index (κ2) is 5.19. The maximum atomic E-state index is 12.0. The summed E-state index contributed by atoms with van der Waals surface area (Å²) in [6, 6.07) is 8.88. The van der Waals surface area contributed by atoms with Crippen LogP contribution in [0, 0.1) is 13.8 Å². The van der Waals surface area contributed by atoms with E-state index in [4.69, 9.17) is 11.6 Å². The van der Waals surface area contributed by atoms with Crippen molar-refractivity contribution in [2.24, 2.45) is 0 Å². The summed E-state index contributed by atoms with van der Waals surface area (Å²) in [4.78, 5) is 16.0. The van der Waals surface area contributed by atoms with Crippen molar-refractivity contribution in [3.63, 3.8) is 0 Å². The van der Waals surface area contributed by atoms with E-state index >= 15 is 0 Å². The third kappa shape index (κ3) is 2.68. The third-order valence-corrected chi connectivity index (χ3v) is 2.85. The number of amides is 1. The number of carbonyl (C=O) groups is 1. The topological polar surface area (TPSA) is 42.0 Å². The van der Waals surface area contributed by atoms with Crippen LogP contribution in [0.15, 0.2) is 36.5 Å². The van der Waals surface area contributed by atoms with Crippen LogP contribution in [0.4, 0.5) is 5.69 Å². The molecule has 4 heteroatoms. The summed E-state index contributed by atoms with van der Waals surface area (Å²) in [5.41, 5.74) is 3.05. The van der Waals surface area contributed by atoms with E-state index in [-0.39, 0.29) is 5.91 Å². The Morgan fingerprint density at radius 3 is 2.44 bits per heavy atom. The third-order valence-electron chi connectivity index (χ3n) is 2.63. The number of carbonyl (C=O) groups excluding carboxylic acids is 1. The summed E-state index contributed by atoms with van der Waals surface area (Å²) in [6.07, 6.45) is 1.59. The second-order valence-corrected chi connectivity index (χ2v) is 4.52. The van der Waals surface area contributed by atoms with Gasteiger partial charge in [0, 0.05) is 16.9 Å². The number of nitrogens with zero attached hydrogens (tertiary/aromatic N) is 1. The molecule has 0 fully saturated rings. The Morgan fingerprint density at radius 2 is 1.89 bits per heavy atom. The summed E-state index contributed by atoms with van der Waals surface area (Å²) in [5, 5.41) is 3.53. The van der Waals surface area contributed by atoms with E-state index in [0.717, 1.165) is 16.8 Å². The van der Waals surface area contributed by atoms with Crippen molar-refractivity contribution < 1.29 is 4.79 Å². The van der Waals surface area contributed by atoms with Gasteiger partial charge in [0.15, 0.2) is 0 Å². The normalized spacial score (nSPS) is 10.2. The summed E-state index contributed by atoms with van der Waals surface area (Å²) in [5.74, 6) is -0.218. The SMILES string of the molecule is Cc1cc(Cl)cc(C)c1NC(=O)c1ccccn1. The van der Waals surface area contributed by atoms with Crippen molar-refractivity contribution in [2.75, 3.05) is 5.32 Å². The molecule has 0 unspecified atom stereocenters. The van der Waals surface area contributed by atoms with Gasteiger partial charge in [-0.25, -0.2) is 0 Å². The zero-order chi connectivity index (χ0) is 13.1. The molecule has 0 saturated heterocycles. The molecule has 0 atom stereocenters. The van der Waals surface area contributed by atoms with Crippen LogP contribution in [-0.2, 0) is 0 Å². The van der Waals surface area contributed by atoms with Crippen molar-refractivity contribution in [1.29, 1.82) is 0 Å². The van der Waals surface area contributed by atoms with Crippen molar-refractivity contribution >= 4 is 23.2 Å². The number of hydrogen-bond acceptors (Lipinski definition) is 2. The van der Waals surface area contributed by atoms with Crippen molar-refractivity contribution in [1.82, 2.24) is 4.98 Å². The molecule has 1 amide bonds. The van der Waals surface area contributed by atoms with E-state index in [0.29, 0.717) is 10.7 Å². The Labute approximate surface area is 111 Å². The van der Waals surface area contributed by atoms with E-state index < -0.39 is 0 Å². The summed E-state index contributed by atoms with van der Waals surface area (Å²) >= 11 is 5.95. The minimum Gasteiger partial charge on any atom is -0.320 e. The van der Waals surface area contributed by atoms with Gasteiger partial charge in [0.2, 0.25) is 0 Å². The van der Waals surface area contributed by atoms with Crippen LogP contribution in [0.25, 0.3) is 0 Å². The van der Waals surface area contributed by atoms with Gasteiger partial charge in [-0.05, 0) is 49.2 Å². The molecule has 18 heavy (non-hydrogen) atoms. The minimum atomic E-state index is -0.218. The highest BCUT2D eigenvalue weighted by atomic mass is 35.5. The van der Waals surface area contributed by atoms with Gasteiger partial charge in [-0.15, -0.1) is 0 Å². The average molecular weight is 261 g/mol. The molecule has 0 aliphatic rings.